The number of nitrogens with one attached hydrogen (secondary N) is 2. The predicted molar refractivity (Wildman–Crippen MR) is 99.3 cm³/mol. The van der Waals surface area contributed by atoms with Gasteiger partial charge in [0.2, 0.25) is 0 Å². The van der Waals surface area contributed by atoms with E-state index in [0.717, 1.165) is 16.2 Å². The van der Waals surface area contributed by atoms with Crippen molar-refractivity contribution in [1.82, 2.24) is 0 Å². The molecule has 0 saturated carbocycles. The lowest BCUT2D eigenvalue weighted by Crippen LogP contribution is -3.08. The number of amides is 1. The van der Waals surface area contributed by atoms with Crippen LogP contribution in [0.15, 0.2) is 61.2 Å². The quantitative estimate of drug-likeness (QED) is 0.408. The molecule has 7 heteroatoms. The van der Waals surface area contributed by atoms with Gasteiger partial charge in [0.25, 0.3) is 11.6 Å². The van der Waals surface area contributed by atoms with Gasteiger partial charge >= 0.3 is 0 Å². The second-order valence-corrected chi connectivity index (χ2v) is 5.91. The molecule has 0 heterocycles. The maximum absolute atomic E-state index is 12.1. The van der Waals surface area contributed by atoms with Crippen LogP contribution in [0.5, 0.6) is 5.75 Å². The monoisotopic (exact) mass is 356 g/mol. The highest BCUT2D eigenvalue weighted by Crippen LogP contribution is 2.15. The van der Waals surface area contributed by atoms with E-state index in [0.29, 0.717) is 18.8 Å². The molecule has 26 heavy (non-hydrogen) atoms. The van der Waals surface area contributed by atoms with E-state index >= 15 is 0 Å². The topological polar surface area (TPSA) is 85.9 Å². The van der Waals surface area contributed by atoms with Gasteiger partial charge in [-0.25, -0.2) is 0 Å². The minimum Gasteiger partial charge on any atom is -0.490 e. The fourth-order valence-corrected chi connectivity index (χ4v) is 2.42. The Bertz CT molecular complexity index is 757. The number of quaternary nitrogens is 1. The van der Waals surface area contributed by atoms with Gasteiger partial charge in [-0.3, -0.25) is 14.9 Å². The third kappa shape index (κ3) is 6.03. The van der Waals surface area contributed by atoms with Crippen molar-refractivity contribution in [1.29, 1.82) is 0 Å². The molecule has 0 spiro atoms. The number of ether oxygens (including phenoxy) is 1. The Labute approximate surface area is 152 Å². The fraction of sp³-hybridized carbons (Fsp3) is 0.211. The summed E-state index contributed by atoms with van der Waals surface area (Å²) in [4.78, 5) is 23.3. The number of hydrogen-bond acceptors (Lipinski definition) is 4. The van der Waals surface area contributed by atoms with Crippen LogP contribution < -0.4 is 15.0 Å². The van der Waals surface area contributed by atoms with Crippen molar-refractivity contribution in [2.24, 2.45) is 0 Å². The first kappa shape index (κ1) is 19.1. The number of likely N-dealkylation sites (N-methyl/N-ethyl adjacent to an activating group) is 1. The average Bonchev–Trinajstić information content (AvgIpc) is 2.61. The van der Waals surface area contributed by atoms with Gasteiger partial charge in [0, 0.05) is 23.4 Å². The summed E-state index contributed by atoms with van der Waals surface area (Å²) in [7, 11) is 1.93. The molecule has 0 fully saturated rings. The summed E-state index contributed by atoms with van der Waals surface area (Å²) < 4.78 is 5.44. The second-order valence-electron chi connectivity index (χ2n) is 5.91. The molecule has 0 radical (unpaired) electrons. The summed E-state index contributed by atoms with van der Waals surface area (Å²) in [6.07, 6.45) is 1.69. The zero-order valence-corrected chi connectivity index (χ0v) is 14.6. The second kappa shape index (κ2) is 9.33. The predicted octanol–water partition coefficient (Wildman–Crippen LogP) is 1.81. The highest BCUT2D eigenvalue weighted by molar-refractivity contribution is 5.91. The van der Waals surface area contributed by atoms with Gasteiger partial charge in [-0.15, -0.1) is 0 Å². The first-order valence-corrected chi connectivity index (χ1v) is 8.16. The van der Waals surface area contributed by atoms with Gasteiger partial charge in [-0.2, -0.15) is 0 Å². The number of rotatable bonds is 9. The number of carbonyl (C=O) groups is 1. The van der Waals surface area contributed by atoms with Gasteiger partial charge in [0.1, 0.15) is 18.9 Å². The lowest BCUT2D eigenvalue weighted by atomic mass is 10.2. The van der Waals surface area contributed by atoms with Crippen molar-refractivity contribution in [3.05, 3.63) is 76.9 Å². The smallest absolute Gasteiger partial charge is 0.279 e. The molecule has 1 atom stereocenters. The van der Waals surface area contributed by atoms with Crippen LogP contribution in [0.3, 0.4) is 0 Å². The Morgan fingerprint density at radius 1 is 1.23 bits per heavy atom. The number of carbonyl (C=O) groups excluding carboxylic acids is 1. The lowest BCUT2D eigenvalue weighted by molar-refractivity contribution is -0.885. The Hall–Kier alpha value is -3.19. The molecule has 2 aromatic carbocycles. The number of nitro benzene ring substituents is 1. The number of non-ortho nitro benzene ring substituents is 1. The van der Waals surface area contributed by atoms with Crippen molar-refractivity contribution < 1.29 is 19.4 Å². The molecule has 1 amide bonds. The van der Waals surface area contributed by atoms with E-state index < -0.39 is 4.92 Å². The van der Waals surface area contributed by atoms with Crippen LogP contribution in [0.1, 0.15) is 5.56 Å². The van der Waals surface area contributed by atoms with E-state index in [1.807, 2.05) is 31.3 Å². The van der Waals surface area contributed by atoms with E-state index in [9.17, 15) is 14.9 Å². The van der Waals surface area contributed by atoms with Gasteiger partial charge in [-0.1, -0.05) is 12.7 Å². The minimum atomic E-state index is -0.475. The summed E-state index contributed by atoms with van der Waals surface area (Å²) >= 11 is 0. The van der Waals surface area contributed by atoms with E-state index in [4.69, 9.17) is 4.74 Å². The van der Waals surface area contributed by atoms with Crippen LogP contribution in [-0.4, -0.2) is 31.0 Å². The van der Waals surface area contributed by atoms with E-state index in [1.54, 1.807) is 6.08 Å². The summed E-state index contributed by atoms with van der Waals surface area (Å²) in [5, 5.41) is 13.4. The van der Waals surface area contributed by atoms with E-state index in [2.05, 4.69) is 11.9 Å². The largest absolute Gasteiger partial charge is 0.490 e. The normalized spacial score (nSPS) is 11.4. The van der Waals surface area contributed by atoms with E-state index in [1.165, 1.54) is 24.3 Å². The molecule has 136 valence electrons. The zero-order chi connectivity index (χ0) is 18.9. The number of anilines is 1. The van der Waals surface area contributed by atoms with E-state index in [-0.39, 0.29) is 18.1 Å². The number of hydrogen-bond donors (Lipinski definition) is 2. The van der Waals surface area contributed by atoms with Crippen LogP contribution in [0.2, 0.25) is 0 Å². The molecule has 2 rings (SSSR count). The number of nitro groups is 1. The standard InChI is InChI=1S/C19H21N3O4/c1-3-12-26-18-10-4-15(5-11-18)13-21(2)14-19(23)20-16-6-8-17(9-7-16)22(24)25/h3-11H,1,12-14H2,2H3,(H,20,23)/p+1. The SMILES string of the molecule is C=CCOc1ccc(C[NH+](C)CC(=O)Nc2ccc([N+](=O)[O-])cc2)cc1. The molecular formula is C19H22N3O4+. The molecule has 0 aromatic heterocycles. The summed E-state index contributed by atoms with van der Waals surface area (Å²) in [6, 6.07) is 13.5. The fourth-order valence-electron chi connectivity index (χ4n) is 2.42. The van der Waals surface area contributed by atoms with Crippen LogP contribution in [0.25, 0.3) is 0 Å². The molecule has 0 saturated heterocycles. The van der Waals surface area contributed by atoms with Gasteiger partial charge < -0.3 is 15.0 Å². The summed E-state index contributed by atoms with van der Waals surface area (Å²) in [5.74, 6) is 0.629. The minimum absolute atomic E-state index is 0.00809. The van der Waals surface area contributed by atoms with Crippen molar-refractivity contribution in [2.45, 2.75) is 6.54 Å². The van der Waals surface area contributed by atoms with Crippen molar-refractivity contribution in [3.8, 4) is 5.75 Å². The molecule has 0 aliphatic heterocycles. The van der Waals surface area contributed by atoms with Crippen LogP contribution in [0, 0.1) is 10.1 Å². The van der Waals surface area contributed by atoms with Crippen molar-refractivity contribution >= 4 is 17.3 Å². The average molecular weight is 356 g/mol. The molecule has 7 nitrogen and oxygen atoms in total. The number of benzene rings is 2. The van der Waals surface area contributed by atoms with Crippen LogP contribution >= 0.6 is 0 Å². The van der Waals surface area contributed by atoms with Crippen molar-refractivity contribution in [2.75, 3.05) is 25.5 Å². The van der Waals surface area contributed by atoms with Crippen LogP contribution in [0.4, 0.5) is 11.4 Å². The first-order chi connectivity index (χ1) is 12.5. The van der Waals surface area contributed by atoms with Crippen LogP contribution in [-0.2, 0) is 11.3 Å². The highest BCUT2D eigenvalue weighted by atomic mass is 16.6. The third-order valence-corrected chi connectivity index (χ3v) is 3.62. The maximum Gasteiger partial charge on any atom is 0.279 e. The molecule has 2 N–H and O–H groups in total. The Balaban J connectivity index is 1.82. The number of nitrogens with zero attached hydrogens (tertiary/aromatic N) is 1. The maximum atomic E-state index is 12.1. The first-order valence-electron chi connectivity index (χ1n) is 8.16. The molecule has 0 aliphatic rings. The Morgan fingerprint density at radius 3 is 2.46 bits per heavy atom. The molecule has 0 bridgehead atoms. The highest BCUT2D eigenvalue weighted by Gasteiger charge is 2.12. The summed E-state index contributed by atoms with van der Waals surface area (Å²) in [6.45, 7) is 5.04. The Morgan fingerprint density at radius 2 is 1.88 bits per heavy atom. The molecule has 2 aromatic rings. The molecule has 1 unspecified atom stereocenters. The lowest BCUT2D eigenvalue weighted by Gasteiger charge is -2.14. The summed E-state index contributed by atoms with van der Waals surface area (Å²) in [5.41, 5.74) is 1.62. The van der Waals surface area contributed by atoms with Crippen molar-refractivity contribution in [3.63, 3.8) is 0 Å². The zero-order valence-electron chi connectivity index (χ0n) is 14.6. The van der Waals surface area contributed by atoms with Gasteiger partial charge in [-0.05, 0) is 36.4 Å². The molecular weight excluding hydrogens is 334 g/mol. The van der Waals surface area contributed by atoms with Gasteiger partial charge in [0.05, 0.1) is 12.0 Å². The third-order valence-electron chi connectivity index (χ3n) is 3.62. The molecule has 0 aliphatic carbocycles. The van der Waals surface area contributed by atoms with Gasteiger partial charge in [0.15, 0.2) is 6.54 Å². The Kier molecular flexibility index (Phi) is 6.87.